The molecule has 8 nitrogen and oxygen atoms in total. The van der Waals surface area contributed by atoms with E-state index in [0.717, 1.165) is 24.5 Å². The first-order valence-electron chi connectivity index (χ1n) is 10.00. The van der Waals surface area contributed by atoms with Crippen LogP contribution in [0.15, 0.2) is 53.6 Å². The maximum absolute atomic E-state index is 14.8. The predicted molar refractivity (Wildman–Crippen MR) is 117 cm³/mol. The quantitative estimate of drug-likeness (QED) is 0.528. The number of aromatic amines is 1. The van der Waals surface area contributed by atoms with Gasteiger partial charge >= 0.3 is 0 Å². The highest BCUT2D eigenvalue weighted by molar-refractivity contribution is 5.84. The first-order valence-corrected chi connectivity index (χ1v) is 10.00. The van der Waals surface area contributed by atoms with Gasteiger partial charge in [0.1, 0.15) is 5.82 Å². The van der Waals surface area contributed by atoms with Crippen LogP contribution in [0.3, 0.4) is 0 Å². The molecule has 1 aliphatic heterocycles. The molecule has 0 bridgehead atoms. The number of anilines is 3. The molecule has 0 saturated carbocycles. The Morgan fingerprint density at radius 3 is 2.77 bits per heavy atom. The number of fused-ring (bicyclic) bond motifs is 1. The average Bonchev–Trinajstić information content (AvgIpc) is 3.33. The number of morpholine rings is 1. The van der Waals surface area contributed by atoms with Gasteiger partial charge < -0.3 is 19.5 Å². The van der Waals surface area contributed by atoms with Gasteiger partial charge in [0.2, 0.25) is 0 Å². The van der Waals surface area contributed by atoms with Gasteiger partial charge in [0.25, 0.3) is 5.56 Å². The minimum atomic E-state index is -0.431. The smallest absolute Gasteiger partial charge is 0.293 e. The SMILES string of the molecule is Cn1c(=O)c(Nc2ccccc2N2CCOCC2)nc2cc(F)c(-c3cn[nH]c3)cc21. The Kier molecular flexibility index (Phi) is 4.87. The fraction of sp³-hybridized carbons (Fsp3) is 0.227. The van der Waals surface area contributed by atoms with Gasteiger partial charge in [-0.05, 0) is 18.2 Å². The fourth-order valence-electron chi connectivity index (χ4n) is 3.83. The monoisotopic (exact) mass is 420 g/mol. The summed E-state index contributed by atoms with van der Waals surface area (Å²) in [5, 5.41) is 9.71. The Labute approximate surface area is 177 Å². The highest BCUT2D eigenvalue weighted by Crippen LogP contribution is 2.30. The molecule has 3 heterocycles. The minimum absolute atomic E-state index is 0.145. The van der Waals surface area contributed by atoms with E-state index in [1.807, 2.05) is 24.3 Å². The Morgan fingerprint density at radius 2 is 2.00 bits per heavy atom. The molecule has 0 aliphatic carbocycles. The Morgan fingerprint density at radius 1 is 1.19 bits per heavy atom. The number of rotatable bonds is 4. The molecule has 1 fully saturated rings. The van der Waals surface area contributed by atoms with Crippen LogP contribution >= 0.6 is 0 Å². The molecule has 31 heavy (non-hydrogen) atoms. The molecule has 0 amide bonds. The number of aromatic nitrogens is 4. The summed E-state index contributed by atoms with van der Waals surface area (Å²) in [4.78, 5) is 19.7. The van der Waals surface area contributed by atoms with E-state index < -0.39 is 5.82 Å². The van der Waals surface area contributed by atoms with Crippen molar-refractivity contribution in [2.45, 2.75) is 0 Å². The van der Waals surface area contributed by atoms with Crippen LogP contribution in [-0.4, -0.2) is 46.1 Å². The molecule has 0 unspecified atom stereocenters. The lowest BCUT2D eigenvalue weighted by molar-refractivity contribution is 0.123. The van der Waals surface area contributed by atoms with Gasteiger partial charge in [0.05, 0.1) is 41.8 Å². The zero-order valence-electron chi connectivity index (χ0n) is 16.9. The molecular weight excluding hydrogens is 399 g/mol. The summed E-state index contributed by atoms with van der Waals surface area (Å²) in [6.07, 6.45) is 3.14. The van der Waals surface area contributed by atoms with Crippen molar-refractivity contribution in [3.05, 3.63) is 65.0 Å². The number of para-hydroxylation sites is 2. The van der Waals surface area contributed by atoms with Crippen molar-refractivity contribution in [1.29, 1.82) is 0 Å². The number of nitrogens with one attached hydrogen (secondary N) is 2. The summed E-state index contributed by atoms with van der Waals surface area (Å²) in [7, 11) is 1.66. The Bertz CT molecular complexity index is 1300. The Hall–Kier alpha value is -3.72. The molecule has 1 saturated heterocycles. The second kappa shape index (κ2) is 7.84. The molecule has 4 aromatic rings. The topological polar surface area (TPSA) is 88.1 Å². The zero-order chi connectivity index (χ0) is 21.4. The molecule has 1 aliphatic rings. The van der Waals surface area contributed by atoms with Gasteiger partial charge in [-0.25, -0.2) is 9.37 Å². The molecule has 0 spiro atoms. The van der Waals surface area contributed by atoms with Gasteiger partial charge in [0.15, 0.2) is 5.82 Å². The van der Waals surface area contributed by atoms with Crippen molar-refractivity contribution in [2.24, 2.45) is 7.05 Å². The summed E-state index contributed by atoms with van der Waals surface area (Å²) in [6.45, 7) is 2.85. The number of benzene rings is 2. The van der Waals surface area contributed by atoms with Crippen molar-refractivity contribution < 1.29 is 9.13 Å². The number of aryl methyl sites for hydroxylation is 1. The lowest BCUT2D eigenvalue weighted by Crippen LogP contribution is -2.36. The maximum atomic E-state index is 14.8. The van der Waals surface area contributed by atoms with Crippen LogP contribution < -0.4 is 15.8 Å². The van der Waals surface area contributed by atoms with Crippen LogP contribution in [0.1, 0.15) is 0 Å². The van der Waals surface area contributed by atoms with Crippen molar-refractivity contribution in [3.63, 3.8) is 0 Å². The summed E-state index contributed by atoms with van der Waals surface area (Å²) in [6, 6.07) is 10.7. The number of H-pyrrole nitrogens is 1. The van der Waals surface area contributed by atoms with E-state index in [1.54, 1.807) is 19.3 Å². The molecule has 158 valence electrons. The zero-order valence-corrected chi connectivity index (χ0v) is 16.9. The summed E-state index contributed by atoms with van der Waals surface area (Å²) < 4.78 is 21.7. The van der Waals surface area contributed by atoms with E-state index in [0.29, 0.717) is 35.4 Å². The van der Waals surface area contributed by atoms with Gasteiger partial charge in [-0.2, -0.15) is 5.10 Å². The van der Waals surface area contributed by atoms with Crippen molar-refractivity contribution in [1.82, 2.24) is 19.7 Å². The number of nitrogens with zero attached hydrogens (tertiary/aromatic N) is 4. The molecule has 9 heteroatoms. The summed E-state index contributed by atoms with van der Waals surface area (Å²) in [5.41, 5.74) is 3.33. The van der Waals surface area contributed by atoms with Crippen LogP contribution in [0.25, 0.3) is 22.2 Å². The number of halogens is 1. The molecule has 0 radical (unpaired) electrons. The largest absolute Gasteiger partial charge is 0.378 e. The molecule has 2 aromatic heterocycles. The summed E-state index contributed by atoms with van der Waals surface area (Å²) >= 11 is 0. The maximum Gasteiger partial charge on any atom is 0.293 e. The van der Waals surface area contributed by atoms with Crippen molar-refractivity contribution in [3.8, 4) is 11.1 Å². The number of ether oxygens (including phenoxy) is 1. The van der Waals surface area contributed by atoms with E-state index in [2.05, 4.69) is 25.4 Å². The van der Waals surface area contributed by atoms with E-state index in [9.17, 15) is 9.18 Å². The predicted octanol–water partition coefficient (Wildman–Crippen LogP) is 3.04. The van der Waals surface area contributed by atoms with E-state index >= 15 is 0 Å². The lowest BCUT2D eigenvalue weighted by atomic mass is 10.1. The van der Waals surface area contributed by atoms with Crippen molar-refractivity contribution in [2.75, 3.05) is 36.5 Å². The van der Waals surface area contributed by atoms with Gasteiger partial charge in [-0.15, -0.1) is 0 Å². The third-order valence-electron chi connectivity index (χ3n) is 5.48. The van der Waals surface area contributed by atoms with Crippen LogP contribution in [0.2, 0.25) is 0 Å². The second-order valence-corrected chi connectivity index (χ2v) is 7.37. The molecule has 2 aromatic carbocycles. The van der Waals surface area contributed by atoms with Gasteiger partial charge in [-0.1, -0.05) is 12.1 Å². The molecular formula is C22H21FN6O2. The highest BCUT2D eigenvalue weighted by atomic mass is 19.1. The lowest BCUT2D eigenvalue weighted by Gasteiger charge is -2.30. The molecule has 2 N–H and O–H groups in total. The van der Waals surface area contributed by atoms with E-state index in [-0.39, 0.29) is 11.4 Å². The third kappa shape index (κ3) is 3.53. The van der Waals surface area contributed by atoms with Crippen molar-refractivity contribution >= 4 is 28.2 Å². The molecule has 5 rings (SSSR count). The van der Waals surface area contributed by atoms with Crippen LogP contribution in [-0.2, 0) is 11.8 Å². The minimum Gasteiger partial charge on any atom is -0.378 e. The standard InChI is InChI=1S/C22H21FN6O2/c1-28-20-10-15(14-12-24-25-13-14)16(23)11-18(20)27-21(22(28)30)26-17-4-2-3-5-19(17)29-6-8-31-9-7-29/h2-5,10-13H,6-9H2,1H3,(H,24,25)(H,26,27). The fourth-order valence-corrected chi connectivity index (χ4v) is 3.83. The Balaban J connectivity index is 1.57. The number of hydrogen-bond acceptors (Lipinski definition) is 6. The van der Waals surface area contributed by atoms with E-state index in [4.69, 9.17) is 4.74 Å². The number of hydrogen-bond donors (Lipinski definition) is 2. The van der Waals surface area contributed by atoms with Crippen LogP contribution in [0.4, 0.5) is 21.6 Å². The average molecular weight is 420 g/mol. The van der Waals surface area contributed by atoms with Gasteiger partial charge in [0, 0.05) is 43.5 Å². The first kappa shape index (κ1) is 19.3. The van der Waals surface area contributed by atoms with E-state index in [1.165, 1.54) is 16.8 Å². The second-order valence-electron chi connectivity index (χ2n) is 7.37. The van der Waals surface area contributed by atoms with Crippen LogP contribution in [0, 0.1) is 5.82 Å². The third-order valence-corrected chi connectivity index (χ3v) is 5.48. The first-order chi connectivity index (χ1) is 15.1. The van der Waals surface area contributed by atoms with Crippen LogP contribution in [0.5, 0.6) is 0 Å². The van der Waals surface area contributed by atoms with Gasteiger partial charge in [-0.3, -0.25) is 9.89 Å². The highest BCUT2D eigenvalue weighted by Gasteiger charge is 2.18. The molecule has 0 atom stereocenters. The normalized spacial score (nSPS) is 14.2. The summed E-state index contributed by atoms with van der Waals surface area (Å²) in [5.74, 6) is -0.286.